The number of anilines is 1. The van der Waals surface area contributed by atoms with Crippen LogP contribution in [0.15, 0.2) is 21.7 Å². The van der Waals surface area contributed by atoms with Crippen LogP contribution in [0.1, 0.15) is 53.9 Å². The molecule has 4 rings (SSSR count). The van der Waals surface area contributed by atoms with Crippen LogP contribution in [-0.2, 0) is 37.3 Å². The Labute approximate surface area is 218 Å². The zero-order valence-electron chi connectivity index (χ0n) is 20.2. The summed E-state index contributed by atoms with van der Waals surface area (Å²) in [5.74, 6) is -1.04. The van der Waals surface area contributed by atoms with Crippen molar-refractivity contribution >= 4 is 55.7 Å². The maximum Gasteiger partial charge on any atom is 0.410 e. The Kier molecular flexibility index (Phi) is 8.33. The number of nitrogens with one attached hydrogen (secondary N) is 1. The summed E-state index contributed by atoms with van der Waals surface area (Å²) in [6, 6.07) is 2.30. The van der Waals surface area contributed by atoms with Crippen LogP contribution >= 0.6 is 22.7 Å². The van der Waals surface area contributed by atoms with E-state index in [9.17, 15) is 22.8 Å². The average molecular weight is 556 g/mol. The van der Waals surface area contributed by atoms with Crippen LogP contribution in [0.25, 0.3) is 0 Å². The van der Waals surface area contributed by atoms with E-state index in [2.05, 4.69) is 5.32 Å². The molecule has 0 radical (unpaired) electrons. The van der Waals surface area contributed by atoms with Crippen LogP contribution < -0.4 is 5.32 Å². The number of thiophene rings is 2. The monoisotopic (exact) mass is 555 g/mol. The first-order valence-electron chi connectivity index (χ1n) is 11.9. The van der Waals surface area contributed by atoms with Crippen molar-refractivity contribution < 1.29 is 32.3 Å². The minimum atomic E-state index is -3.82. The summed E-state index contributed by atoms with van der Waals surface area (Å²) in [5.41, 5.74) is 1.01. The molecule has 13 heteroatoms. The number of sulfonamides is 1. The summed E-state index contributed by atoms with van der Waals surface area (Å²) in [6.45, 7) is 4.74. The average Bonchev–Trinajstić information content (AvgIpc) is 3.52. The molecule has 2 amide bonds. The van der Waals surface area contributed by atoms with Crippen LogP contribution in [0.3, 0.4) is 0 Å². The van der Waals surface area contributed by atoms with Gasteiger partial charge in [-0.25, -0.2) is 18.0 Å². The van der Waals surface area contributed by atoms with Crippen molar-refractivity contribution in [2.75, 3.05) is 31.6 Å². The van der Waals surface area contributed by atoms with Crippen molar-refractivity contribution in [3.05, 3.63) is 33.5 Å². The van der Waals surface area contributed by atoms with Crippen molar-refractivity contribution in [3.63, 3.8) is 0 Å². The molecule has 0 aliphatic carbocycles. The number of hydrogen-bond donors (Lipinski definition) is 1. The highest BCUT2D eigenvalue weighted by molar-refractivity contribution is 7.91. The molecule has 1 saturated heterocycles. The summed E-state index contributed by atoms with van der Waals surface area (Å²) in [6.07, 6.45) is 1.74. The van der Waals surface area contributed by atoms with Crippen molar-refractivity contribution in [3.8, 4) is 0 Å². The second-order valence-electron chi connectivity index (χ2n) is 8.35. The second-order valence-corrected chi connectivity index (χ2v) is 12.5. The van der Waals surface area contributed by atoms with E-state index in [1.165, 1.54) is 21.7 Å². The molecular weight excluding hydrogens is 526 g/mol. The lowest BCUT2D eigenvalue weighted by Gasteiger charge is -2.33. The highest BCUT2D eigenvalue weighted by atomic mass is 32.2. The highest BCUT2D eigenvalue weighted by Crippen LogP contribution is 2.38. The predicted octanol–water partition coefficient (Wildman–Crippen LogP) is 3.68. The quantitative estimate of drug-likeness (QED) is 0.517. The first-order valence-corrected chi connectivity index (χ1v) is 15.0. The van der Waals surface area contributed by atoms with Crippen LogP contribution in [0.5, 0.6) is 0 Å². The number of carbonyl (C=O) groups is 3. The molecule has 4 heterocycles. The minimum Gasteiger partial charge on any atom is -0.462 e. The van der Waals surface area contributed by atoms with E-state index in [1.54, 1.807) is 30.2 Å². The van der Waals surface area contributed by atoms with Gasteiger partial charge in [0.15, 0.2) is 0 Å². The van der Waals surface area contributed by atoms with Gasteiger partial charge in [-0.1, -0.05) is 12.5 Å². The normalized spacial score (nSPS) is 18.4. The topological polar surface area (TPSA) is 122 Å². The van der Waals surface area contributed by atoms with E-state index in [-0.39, 0.29) is 36.1 Å². The Balaban J connectivity index is 1.62. The molecule has 1 N–H and O–H groups in total. The molecule has 1 fully saturated rings. The third-order valence-electron chi connectivity index (χ3n) is 6.11. The Hall–Kier alpha value is -2.48. The number of esters is 1. The standard InChI is InChI=1S/C23H29N3O7S3/c1-3-32-22(28)19-15-10-12-25(23(29)33-4-2)14-17(15)35-21(19)24-20(27)16-8-5-6-11-26(16)36(30,31)18-9-7-13-34-18/h7,9,13,16H,3-6,8,10-12,14H2,1-2H3,(H,24,27). The maximum atomic E-state index is 13.5. The van der Waals surface area contributed by atoms with Crippen LogP contribution in [-0.4, -0.2) is 67.9 Å². The van der Waals surface area contributed by atoms with Crippen molar-refractivity contribution in [1.82, 2.24) is 9.21 Å². The summed E-state index contributed by atoms with van der Waals surface area (Å²) in [7, 11) is -3.82. The van der Waals surface area contributed by atoms with Gasteiger partial charge in [0.25, 0.3) is 10.0 Å². The van der Waals surface area contributed by atoms with E-state index in [0.717, 1.165) is 21.8 Å². The van der Waals surface area contributed by atoms with E-state index in [1.807, 2.05) is 0 Å². The fourth-order valence-corrected chi connectivity index (χ4v) is 8.49. The number of ether oxygens (including phenoxy) is 2. The molecule has 2 aromatic rings. The molecule has 0 aromatic carbocycles. The molecule has 1 atom stereocenters. The first-order chi connectivity index (χ1) is 17.3. The van der Waals surface area contributed by atoms with Crippen molar-refractivity contribution in [1.29, 1.82) is 0 Å². The third kappa shape index (κ3) is 5.29. The van der Waals surface area contributed by atoms with E-state index >= 15 is 0 Å². The van der Waals surface area contributed by atoms with Gasteiger partial charge in [-0.2, -0.15) is 4.31 Å². The number of rotatable bonds is 7. The van der Waals surface area contributed by atoms with Gasteiger partial charge >= 0.3 is 12.1 Å². The van der Waals surface area contributed by atoms with E-state index in [0.29, 0.717) is 37.2 Å². The minimum absolute atomic E-state index is 0.168. The van der Waals surface area contributed by atoms with E-state index < -0.39 is 34.0 Å². The lowest BCUT2D eigenvalue weighted by Crippen LogP contribution is -2.49. The summed E-state index contributed by atoms with van der Waals surface area (Å²) in [4.78, 5) is 40.9. The van der Waals surface area contributed by atoms with Gasteiger partial charge in [0.05, 0.1) is 25.3 Å². The molecule has 1 unspecified atom stereocenters. The second kappa shape index (κ2) is 11.3. The number of fused-ring (bicyclic) bond motifs is 1. The van der Waals surface area contributed by atoms with Gasteiger partial charge in [0, 0.05) is 18.0 Å². The molecule has 0 saturated carbocycles. The Morgan fingerprint density at radius 3 is 2.61 bits per heavy atom. The number of hydrogen-bond acceptors (Lipinski definition) is 9. The van der Waals surface area contributed by atoms with Crippen LogP contribution in [0.4, 0.5) is 9.80 Å². The molecule has 10 nitrogen and oxygen atoms in total. The first kappa shape index (κ1) is 26.6. The van der Waals surface area contributed by atoms with Crippen LogP contribution in [0, 0.1) is 0 Å². The predicted molar refractivity (Wildman–Crippen MR) is 136 cm³/mol. The molecule has 36 heavy (non-hydrogen) atoms. The van der Waals surface area contributed by atoms with Gasteiger partial charge in [-0.15, -0.1) is 22.7 Å². The molecule has 2 aliphatic heterocycles. The van der Waals surface area contributed by atoms with Gasteiger partial charge in [-0.3, -0.25) is 4.79 Å². The number of amides is 2. The highest BCUT2D eigenvalue weighted by Gasteiger charge is 2.39. The Bertz CT molecular complexity index is 1220. The Morgan fingerprint density at radius 1 is 1.14 bits per heavy atom. The van der Waals surface area contributed by atoms with Crippen molar-refractivity contribution in [2.45, 2.75) is 56.3 Å². The van der Waals surface area contributed by atoms with Crippen LogP contribution in [0.2, 0.25) is 0 Å². The smallest absolute Gasteiger partial charge is 0.410 e. The zero-order chi connectivity index (χ0) is 25.9. The Morgan fingerprint density at radius 2 is 1.92 bits per heavy atom. The number of piperidine rings is 1. The molecule has 2 aromatic heterocycles. The third-order valence-corrected chi connectivity index (χ3v) is 10.5. The maximum absolute atomic E-state index is 13.5. The molecule has 2 aliphatic rings. The van der Waals surface area contributed by atoms with Gasteiger partial charge in [-0.05, 0) is 50.1 Å². The SMILES string of the molecule is CCOC(=O)c1c(NC(=O)C2CCCCN2S(=O)(=O)c2cccs2)sc2c1CCN(C(=O)OCC)C2. The summed E-state index contributed by atoms with van der Waals surface area (Å²) >= 11 is 2.32. The summed E-state index contributed by atoms with van der Waals surface area (Å²) < 4.78 is 38.3. The van der Waals surface area contributed by atoms with Gasteiger partial charge in [0.1, 0.15) is 15.3 Å². The fourth-order valence-electron chi connectivity index (χ4n) is 4.46. The molecule has 0 spiro atoms. The lowest BCUT2D eigenvalue weighted by atomic mass is 10.0. The zero-order valence-corrected chi connectivity index (χ0v) is 22.6. The fraction of sp³-hybridized carbons (Fsp3) is 0.522. The lowest BCUT2D eigenvalue weighted by molar-refractivity contribution is -0.120. The largest absolute Gasteiger partial charge is 0.462 e. The molecular formula is C23H29N3O7S3. The van der Waals surface area contributed by atoms with Gasteiger partial charge < -0.3 is 19.7 Å². The van der Waals surface area contributed by atoms with Crippen molar-refractivity contribution in [2.24, 2.45) is 0 Å². The summed E-state index contributed by atoms with van der Waals surface area (Å²) in [5, 5.41) is 4.84. The van der Waals surface area contributed by atoms with E-state index in [4.69, 9.17) is 9.47 Å². The number of carbonyl (C=O) groups excluding carboxylic acids is 3. The molecule has 0 bridgehead atoms. The molecule has 196 valence electrons. The van der Waals surface area contributed by atoms with Gasteiger partial charge in [0.2, 0.25) is 5.91 Å². The number of nitrogens with zero attached hydrogens (tertiary/aromatic N) is 2.